The average molecular weight is 432 g/mol. The third-order valence-electron chi connectivity index (χ3n) is 3.46. The summed E-state index contributed by atoms with van der Waals surface area (Å²) in [6, 6.07) is 12.7. The SMILES string of the molecule is Fc1ccccc1OC(F)(F)F.NC(Cc1ccccc1)C(O)C(=O)NCC(=O)O. The van der Waals surface area contributed by atoms with Crippen LogP contribution in [-0.2, 0) is 16.0 Å². The Morgan fingerprint density at radius 1 is 1.07 bits per heavy atom. The van der Waals surface area contributed by atoms with Crippen molar-refractivity contribution in [3.05, 3.63) is 66.0 Å². The number of hydrogen-bond donors (Lipinski definition) is 4. The summed E-state index contributed by atoms with van der Waals surface area (Å²) in [7, 11) is 0. The zero-order valence-corrected chi connectivity index (χ0v) is 15.5. The van der Waals surface area contributed by atoms with Gasteiger partial charge >= 0.3 is 12.3 Å². The molecule has 0 aliphatic carbocycles. The maximum atomic E-state index is 12.5. The fourth-order valence-electron chi connectivity index (χ4n) is 2.11. The Morgan fingerprint density at radius 2 is 1.63 bits per heavy atom. The monoisotopic (exact) mass is 432 g/mol. The lowest BCUT2D eigenvalue weighted by molar-refractivity contribution is -0.275. The summed E-state index contributed by atoms with van der Waals surface area (Å²) in [5.41, 5.74) is 6.60. The van der Waals surface area contributed by atoms with Crippen LogP contribution in [0.4, 0.5) is 17.6 Å². The lowest BCUT2D eigenvalue weighted by Gasteiger charge is -2.17. The van der Waals surface area contributed by atoms with Crippen molar-refractivity contribution in [2.75, 3.05) is 6.54 Å². The number of alkyl halides is 3. The van der Waals surface area contributed by atoms with Gasteiger partial charge in [-0.2, -0.15) is 0 Å². The first-order valence-corrected chi connectivity index (χ1v) is 8.47. The van der Waals surface area contributed by atoms with Crippen LogP contribution in [0, 0.1) is 5.82 Å². The van der Waals surface area contributed by atoms with E-state index in [1.165, 1.54) is 12.1 Å². The molecule has 0 radical (unpaired) electrons. The van der Waals surface area contributed by atoms with Crippen molar-refractivity contribution in [2.24, 2.45) is 5.73 Å². The molecule has 2 rings (SSSR count). The summed E-state index contributed by atoms with van der Waals surface area (Å²) in [6.07, 6.45) is -5.94. The largest absolute Gasteiger partial charge is 0.573 e. The van der Waals surface area contributed by atoms with Gasteiger partial charge in [0.05, 0.1) is 0 Å². The topological polar surface area (TPSA) is 122 Å². The molecule has 0 heterocycles. The molecule has 0 aromatic heterocycles. The second-order valence-corrected chi connectivity index (χ2v) is 5.89. The van der Waals surface area contributed by atoms with Crippen LogP contribution in [0.15, 0.2) is 54.6 Å². The number of halogens is 4. The van der Waals surface area contributed by atoms with Crippen LogP contribution in [0.2, 0.25) is 0 Å². The Morgan fingerprint density at radius 3 is 2.17 bits per heavy atom. The minimum atomic E-state index is -4.85. The number of nitrogens with one attached hydrogen (secondary N) is 1. The number of amides is 1. The number of ether oxygens (including phenoxy) is 1. The number of aliphatic carboxylic acids is 1. The third-order valence-corrected chi connectivity index (χ3v) is 3.46. The predicted molar refractivity (Wildman–Crippen MR) is 97.9 cm³/mol. The van der Waals surface area contributed by atoms with Crippen LogP contribution in [-0.4, -0.2) is 47.1 Å². The molecule has 7 nitrogen and oxygen atoms in total. The Balaban J connectivity index is 0.000000325. The number of aliphatic hydroxyl groups is 1. The summed E-state index contributed by atoms with van der Waals surface area (Å²) in [6.45, 7) is -0.534. The highest BCUT2D eigenvalue weighted by atomic mass is 19.4. The molecule has 0 aliphatic rings. The van der Waals surface area contributed by atoms with E-state index >= 15 is 0 Å². The number of hydrogen-bond acceptors (Lipinski definition) is 5. The summed E-state index contributed by atoms with van der Waals surface area (Å²) >= 11 is 0. The minimum Gasteiger partial charge on any atom is -0.480 e. The molecule has 2 aromatic rings. The Kier molecular flexibility index (Phi) is 9.72. The Bertz CT molecular complexity index is 818. The molecule has 164 valence electrons. The molecule has 0 saturated carbocycles. The molecule has 0 bridgehead atoms. The molecule has 5 N–H and O–H groups in total. The van der Waals surface area contributed by atoms with Gasteiger partial charge in [0.25, 0.3) is 5.91 Å². The zero-order valence-electron chi connectivity index (χ0n) is 15.5. The van der Waals surface area contributed by atoms with Gasteiger partial charge in [-0.15, -0.1) is 13.2 Å². The fraction of sp³-hybridized carbons (Fsp3) is 0.263. The molecular formula is C19H20F4N2O5. The highest BCUT2D eigenvalue weighted by Gasteiger charge is 2.32. The molecule has 2 aromatic carbocycles. The summed E-state index contributed by atoms with van der Waals surface area (Å²) in [4.78, 5) is 21.6. The molecule has 2 atom stereocenters. The van der Waals surface area contributed by atoms with Crippen LogP contribution < -0.4 is 15.8 Å². The molecule has 2 unspecified atom stereocenters. The van der Waals surface area contributed by atoms with E-state index in [4.69, 9.17) is 10.8 Å². The predicted octanol–water partition coefficient (Wildman–Crippen LogP) is 1.84. The van der Waals surface area contributed by atoms with E-state index in [1.807, 2.05) is 30.3 Å². The normalized spacial score (nSPS) is 12.7. The second kappa shape index (κ2) is 11.7. The van der Waals surface area contributed by atoms with E-state index < -0.39 is 48.5 Å². The van der Waals surface area contributed by atoms with Gasteiger partial charge in [0.15, 0.2) is 11.6 Å². The molecule has 11 heteroatoms. The van der Waals surface area contributed by atoms with Crippen molar-refractivity contribution >= 4 is 11.9 Å². The van der Waals surface area contributed by atoms with Gasteiger partial charge in [-0.1, -0.05) is 42.5 Å². The highest BCUT2D eigenvalue weighted by Crippen LogP contribution is 2.24. The van der Waals surface area contributed by atoms with E-state index in [1.54, 1.807) is 0 Å². The molecule has 0 saturated heterocycles. The zero-order chi connectivity index (χ0) is 22.7. The van der Waals surface area contributed by atoms with Crippen LogP contribution in [0.3, 0.4) is 0 Å². The van der Waals surface area contributed by atoms with Crippen LogP contribution in [0.1, 0.15) is 5.56 Å². The lowest BCUT2D eigenvalue weighted by atomic mass is 10.0. The number of para-hydroxylation sites is 1. The van der Waals surface area contributed by atoms with Gasteiger partial charge in [0, 0.05) is 6.04 Å². The number of benzene rings is 2. The molecule has 0 aliphatic heterocycles. The van der Waals surface area contributed by atoms with Crippen LogP contribution in [0.25, 0.3) is 0 Å². The minimum absolute atomic E-state index is 0.336. The third kappa shape index (κ3) is 9.85. The lowest BCUT2D eigenvalue weighted by Crippen LogP contribution is -2.48. The second-order valence-electron chi connectivity index (χ2n) is 5.89. The van der Waals surface area contributed by atoms with Crippen molar-refractivity contribution in [2.45, 2.75) is 24.9 Å². The van der Waals surface area contributed by atoms with E-state index in [9.17, 15) is 32.3 Å². The summed E-state index contributed by atoms with van der Waals surface area (Å²) in [5, 5.41) is 20.1. The number of nitrogens with two attached hydrogens (primary N) is 1. The number of carboxylic acids is 1. The maximum absolute atomic E-state index is 12.5. The van der Waals surface area contributed by atoms with E-state index in [0.717, 1.165) is 17.7 Å². The van der Waals surface area contributed by atoms with Gasteiger partial charge in [0.1, 0.15) is 12.6 Å². The number of aliphatic hydroxyl groups excluding tert-OH is 1. The number of rotatable bonds is 7. The number of carbonyl (C=O) groups excluding carboxylic acids is 1. The molecule has 30 heavy (non-hydrogen) atoms. The first-order chi connectivity index (χ1) is 14.0. The molecular weight excluding hydrogens is 412 g/mol. The van der Waals surface area contributed by atoms with Crippen molar-refractivity contribution in [1.82, 2.24) is 5.32 Å². The van der Waals surface area contributed by atoms with Crippen LogP contribution in [0.5, 0.6) is 5.75 Å². The highest BCUT2D eigenvalue weighted by molar-refractivity contribution is 5.84. The molecule has 0 fully saturated rings. The van der Waals surface area contributed by atoms with E-state index in [-0.39, 0.29) is 0 Å². The van der Waals surface area contributed by atoms with E-state index in [0.29, 0.717) is 6.42 Å². The van der Waals surface area contributed by atoms with Crippen molar-refractivity contribution in [3.63, 3.8) is 0 Å². The first-order valence-electron chi connectivity index (χ1n) is 8.47. The van der Waals surface area contributed by atoms with Gasteiger partial charge in [-0.25, -0.2) is 4.39 Å². The standard InChI is InChI=1S/C12H16N2O4.C7H4F4O/c13-9(6-8-4-2-1-3-5-8)11(17)12(18)14-7-10(15)16;8-5-3-1-2-4-6(5)12-7(9,10)11/h1-5,9,11,17H,6-7,13H2,(H,14,18)(H,15,16);1-4H. The fourth-order valence-corrected chi connectivity index (χ4v) is 2.11. The summed E-state index contributed by atoms with van der Waals surface area (Å²) < 4.78 is 50.4. The Labute approximate surface area is 169 Å². The summed E-state index contributed by atoms with van der Waals surface area (Å²) in [5.74, 6) is -3.80. The molecule has 0 spiro atoms. The maximum Gasteiger partial charge on any atom is 0.573 e. The number of carboxylic acid groups (broad SMARTS) is 1. The van der Waals surface area contributed by atoms with Gasteiger partial charge in [0.2, 0.25) is 0 Å². The van der Waals surface area contributed by atoms with Gasteiger partial charge in [-0.05, 0) is 24.1 Å². The first kappa shape index (κ1) is 24.9. The van der Waals surface area contributed by atoms with Crippen molar-refractivity contribution in [1.29, 1.82) is 0 Å². The van der Waals surface area contributed by atoms with Gasteiger partial charge < -0.3 is 26.0 Å². The smallest absolute Gasteiger partial charge is 0.480 e. The Hall–Kier alpha value is -3.18. The van der Waals surface area contributed by atoms with E-state index in [2.05, 4.69) is 10.1 Å². The van der Waals surface area contributed by atoms with Gasteiger partial charge in [-0.3, -0.25) is 9.59 Å². The quantitative estimate of drug-likeness (QED) is 0.496. The average Bonchev–Trinajstić information content (AvgIpc) is 2.67. The van der Waals surface area contributed by atoms with Crippen molar-refractivity contribution < 1.29 is 42.1 Å². The number of carbonyl (C=O) groups is 2. The molecule has 1 amide bonds. The van der Waals surface area contributed by atoms with Crippen LogP contribution >= 0.6 is 0 Å². The van der Waals surface area contributed by atoms with Crippen molar-refractivity contribution in [3.8, 4) is 5.75 Å².